The second kappa shape index (κ2) is 11.4. The number of nitrogens with zero attached hydrogens (tertiary/aromatic N) is 1. The number of ether oxygens (including phenoxy) is 1. The van der Waals surface area contributed by atoms with Gasteiger partial charge in [0.25, 0.3) is 0 Å². The lowest BCUT2D eigenvalue weighted by Crippen LogP contribution is -2.40. The van der Waals surface area contributed by atoms with Gasteiger partial charge in [-0.05, 0) is 42.0 Å². The van der Waals surface area contributed by atoms with Gasteiger partial charge >= 0.3 is 0 Å². The second-order valence-electron chi connectivity index (χ2n) is 6.89. The molecule has 0 saturated heterocycles. The largest absolute Gasteiger partial charge is 0.493 e. The topological polar surface area (TPSA) is 110 Å². The summed E-state index contributed by atoms with van der Waals surface area (Å²) in [4.78, 5) is 12.2. The average Bonchev–Trinajstić information content (AvgIpc) is 2.77. The monoisotopic (exact) mass is 486 g/mol. The maximum atomic E-state index is 13.0. The predicted molar refractivity (Wildman–Crippen MR) is 119 cm³/mol. The summed E-state index contributed by atoms with van der Waals surface area (Å²) in [5, 5.41) is 2.62. The van der Waals surface area contributed by atoms with Crippen LogP contribution in [0.4, 0.5) is 4.39 Å². The summed E-state index contributed by atoms with van der Waals surface area (Å²) in [6.07, 6.45) is 0. The molecule has 2 rings (SSSR count). The number of amides is 1. The van der Waals surface area contributed by atoms with E-state index in [0.717, 1.165) is 4.31 Å². The maximum Gasteiger partial charge on any atom is 0.243 e. The first-order chi connectivity index (χ1) is 15.1. The van der Waals surface area contributed by atoms with Gasteiger partial charge < -0.3 is 10.1 Å². The zero-order chi connectivity index (χ0) is 23.8. The molecule has 2 aromatic carbocycles. The molecule has 8 nitrogen and oxygen atoms in total. The molecule has 2 aromatic rings. The fraction of sp³-hybridized carbons (Fsp3) is 0.381. The number of sulfone groups is 1. The van der Waals surface area contributed by atoms with Crippen molar-refractivity contribution in [3.05, 3.63) is 59.9 Å². The highest BCUT2D eigenvalue weighted by Gasteiger charge is 2.25. The number of carbonyl (C=O) groups excluding carboxylic acids is 1. The maximum absolute atomic E-state index is 13.0. The number of hydrogen-bond donors (Lipinski definition) is 1. The molecule has 0 aliphatic heterocycles. The summed E-state index contributed by atoms with van der Waals surface area (Å²) in [6.45, 7) is 3.01. The molecular formula is C21H27FN2O6S2. The molecule has 1 N–H and O–H groups in total. The van der Waals surface area contributed by atoms with Gasteiger partial charge in [-0.3, -0.25) is 4.79 Å². The molecule has 1 amide bonds. The molecule has 32 heavy (non-hydrogen) atoms. The van der Waals surface area contributed by atoms with Crippen molar-refractivity contribution in [3.8, 4) is 5.75 Å². The van der Waals surface area contributed by atoms with E-state index in [-0.39, 0.29) is 48.5 Å². The lowest BCUT2D eigenvalue weighted by molar-refractivity contribution is -0.121. The van der Waals surface area contributed by atoms with Gasteiger partial charge in [-0.2, -0.15) is 4.31 Å². The highest BCUT2D eigenvalue weighted by molar-refractivity contribution is 7.91. The Kier molecular flexibility index (Phi) is 9.17. The highest BCUT2D eigenvalue weighted by atomic mass is 32.2. The standard InChI is InChI=1S/C21H27FN2O6S2/c1-3-24(16-21(25)23-15-17-5-7-18(22)8-6-17)32(28,29)20-11-9-19(10-12-20)30-13-14-31(26,27)4-2/h5-12H,3-4,13-16H2,1-2H3,(H,23,25). The Morgan fingerprint density at radius 1 is 1.00 bits per heavy atom. The molecule has 0 heterocycles. The summed E-state index contributed by atoms with van der Waals surface area (Å²) in [6, 6.07) is 11.2. The van der Waals surface area contributed by atoms with Crippen LogP contribution >= 0.6 is 0 Å². The SMILES string of the molecule is CCN(CC(=O)NCc1ccc(F)cc1)S(=O)(=O)c1ccc(OCCS(=O)(=O)CC)cc1. The summed E-state index contributed by atoms with van der Waals surface area (Å²) in [5.41, 5.74) is 0.688. The fourth-order valence-electron chi connectivity index (χ4n) is 2.67. The van der Waals surface area contributed by atoms with E-state index in [1.807, 2.05) is 0 Å². The molecule has 176 valence electrons. The van der Waals surface area contributed by atoms with Crippen molar-refractivity contribution >= 4 is 25.8 Å². The smallest absolute Gasteiger partial charge is 0.243 e. The van der Waals surface area contributed by atoms with Crippen LogP contribution in [0.3, 0.4) is 0 Å². The quantitative estimate of drug-likeness (QED) is 0.491. The molecule has 0 bridgehead atoms. The van der Waals surface area contributed by atoms with E-state index < -0.39 is 25.8 Å². The van der Waals surface area contributed by atoms with E-state index in [1.165, 1.54) is 48.5 Å². The van der Waals surface area contributed by atoms with E-state index >= 15 is 0 Å². The Balaban J connectivity index is 1.96. The first-order valence-electron chi connectivity index (χ1n) is 10.0. The summed E-state index contributed by atoms with van der Waals surface area (Å²) < 4.78 is 68.1. The van der Waals surface area contributed by atoms with E-state index in [0.29, 0.717) is 11.3 Å². The summed E-state index contributed by atoms with van der Waals surface area (Å²) in [7, 11) is -7.08. The third kappa shape index (κ3) is 7.57. The van der Waals surface area contributed by atoms with Crippen LogP contribution in [-0.4, -0.2) is 58.3 Å². The number of carbonyl (C=O) groups is 1. The molecule has 0 saturated carbocycles. The van der Waals surface area contributed by atoms with Gasteiger partial charge in [-0.1, -0.05) is 26.0 Å². The van der Waals surface area contributed by atoms with Crippen LogP contribution in [0, 0.1) is 5.82 Å². The van der Waals surface area contributed by atoms with Crippen molar-refractivity contribution < 1.29 is 30.8 Å². The van der Waals surface area contributed by atoms with Crippen LogP contribution < -0.4 is 10.1 Å². The molecule has 0 aliphatic carbocycles. The van der Waals surface area contributed by atoms with Gasteiger partial charge in [0, 0.05) is 18.8 Å². The van der Waals surface area contributed by atoms with Crippen molar-refractivity contribution in [3.63, 3.8) is 0 Å². The first kappa shape index (κ1) is 25.8. The van der Waals surface area contributed by atoms with Crippen LogP contribution in [0.2, 0.25) is 0 Å². The molecule has 0 aromatic heterocycles. The van der Waals surface area contributed by atoms with Crippen LogP contribution in [0.5, 0.6) is 5.75 Å². The molecule has 0 spiro atoms. The molecule has 0 unspecified atom stereocenters. The Labute approximate surface area is 188 Å². The summed E-state index contributed by atoms with van der Waals surface area (Å²) in [5.74, 6) is -0.629. The number of likely N-dealkylation sites (N-methyl/N-ethyl adjacent to an activating group) is 1. The lowest BCUT2D eigenvalue weighted by atomic mass is 10.2. The first-order valence-corrected chi connectivity index (χ1v) is 13.3. The number of sulfonamides is 1. The Morgan fingerprint density at radius 3 is 2.19 bits per heavy atom. The molecule has 0 atom stereocenters. The lowest BCUT2D eigenvalue weighted by Gasteiger charge is -2.20. The molecule has 0 radical (unpaired) electrons. The molecular weight excluding hydrogens is 459 g/mol. The second-order valence-corrected chi connectivity index (χ2v) is 11.3. The fourth-order valence-corrected chi connectivity index (χ4v) is 4.70. The van der Waals surface area contributed by atoms with Gasteiger partial charge in [-0.25, -0.2) is 21.2 Å². The van der Waals surface area contributed by atoms with Crippen LogP contribution in [-0.2, 0) is 31.2 Å². The Hall–Kier alpha value is -2.50. The van der Waals surface area contributed by atoms with E-state index in [2.05, 4.69) is 5.32 Å². The zero-order valence-corrected chi connectivity index (χ0v) is 19.6. The van der Waals surface area contributed by atoms with E-state index in [4.69, 9.17) is 4.74 Å². The molecule has 0 aliphatic rings. The third-order valence-electron chi connectivity index (χ3n) is 4.64. The molecule has 0 fully saturated rings. The number of hydrogen-bond acceptors (Lipinski definition) is 6. The number of halogens is 1. The summed E-state index contributed by atoms with van der Waals surface area (Å²) >= 11 is 0. The van der Waals surface area contributed by atoms with Crippen molar-refractivity contribution in [2.24, 2.45) is 0 Å². The molecule has 11 heteroatoms. The number of rotatable bonds is 12. The normalized spacial score (nSPS) is 12.0. The van der Waals surface area contributed by atoms with E-state index in [1.54, 1.807) is 13.8 Å². The predicted octanol–water partition coefficient (Wildman–Crippen LogP) is 1.97. The van der Waals surface area contributed by atoms with Crippen LogP contribution in [0.15, 0.2) is 53.4 Å². The van der Waals surface area contributed by atoms with Crippen LogP contribution in [0.1, 0.15) is 19.4 Å². The van der Waals surface area contributed by atoms with Gasteiger partial charge in [0.2, 0.25) is 15.9 Å². The number of nitrogens with one attached hydrogen (secondary N) is 1. The van der Waals surface area contributed by atoms with Crippen molar-refractivity contribution in [1.82, 2.24) is 9.62 Å². The van der Waals surface area contributed by atoms with Crippen molar-refractivity contribution in [2.75, 3.05) is 31.2 Å². The van der Waals surface area contributed by atoms with Gasteiger partial charge in [0.15, 0.2) is 9.84 Å². The Morgan fingerprint density at radius 2 is 1.62 bits per heavy atom. The minimum absolute atomic E-state index is 0.0146. The van der Waals surface area contributed by atoms with Crippen molar-refractivity contribution in [1.29, 1.82) is 0 Å². The van der Waals surface area contributed by atoms with Crippen molar-refractivity contribution in [2.45, 2.75) is 25.3 Å². The van der Waals surface area contributed by atoms with Gasteiger partial charge in [0.1, 0.15) is 18.2 Å². The van der Waals surface area contributed by atoms with E-state index in [9.17, 15) is 26.0 Å². The average molecular weight is 487 g/mol. The minimum Gasteiger partial charge on any atom is -0.493 e. The zero-order valence-electron chi connectivity index (χ0n) is 18.0. The minimum atomic E-state index is -3.93. The third-order valence-corrected chi connectivity index (χ3v) is 8.24. The Bertz CT molecular complexity index is 1100. The van der Waals surface area contributed by atoms with Gasteiger partial charge in [-0.15, -0.1) is 0 Å². The van der Waals surface area contributed by atoms with Gasteiger partial charge in [0.05, 0.1) is 17.2 Å². The number of benzene rings is 2. The van der Waals surface area contributed by atoms with Crippen LogP contribution in [0.25, 0.3) is 0 Å². The highest BCUT2D eigenvalue weighted by Crippen LogP contribution is 2.19.